The standard InChI is InChI=1S/C13H17FN2O5/c1-4-13(2,7-17)15-10-5-8(12(18)21-3)9(14)6-11(10)16(19)20/h5-6,15,17H,4,7H2,1-3H3. The number of rotatable bonds is 6. The van der Waals surface area contributed by atoms with Gasteiger partial charge >= 0.3 is 5.97 Å². The second-order valence-corrected chi connectivity index (χ2v) is 4.80. The number of carbonyl (C=O) groups excluding carboxylic acids is 1. The summed E-state index contributed by atoms with van der Waals surface area (Å²) in [5.74, 6) is -1.98. The molecule has 0 heterocycles. The molecule has 1 unspecified atom stereocenters. The van der Waals surface area contributed by atoms with Gasteiger partial charge in [-0.05, 0) is 19.4 Å². The van der Waals surface area contributed by atoms with E-state index in [-0.39, 0.29) is 12.3 Å². The van der Waals surface area contributed by atoms with Gasteiger partial charge in [0.1, 0.15) is 11.5 Å². The van der Waals surface area contributed by atoms with E-state index in [9.17, 15) is 24.4 Å². The molecule has 1 atom stereocenters. The smallest absolute Gasteiger partial charge is 0.340 e. The fraction of sp³-hybridized carbons (Fsp3) is 0.462. The third-order valence-corrected chi connectivity index (χ3v) is 3.25. The van der Waals surface area contributed by atoms with E-state index >= 15 is 0 Å². The van der Waals surface area contributed by atoms with Crippen LogP contribution in [0.25, 0.3) is 0 Å². The maximum atomic E-state index is 13.7. The van der Waals surface area contributed by atoms with Gasteiger partial charge in [0.15, 0.2) is 0 Å². The van der Waals surface area contributed by atoms with Crippen LogP contribution in [0.1, 0.15) is 30.6 Å². The normalized spacial score (nSPS) is 13.4. The molecule has 0 spiro atoms. The third-order valence-electron chi connectivity index (χ3n) is 3.25. The zero-order valence-electron chi connectivity index (χ0n) is 12.0. The number of nitrogens with one attached hydrogen (secondary N) is 1. The van der Waals surface area contributed by atoms with Gasteiger partial charge in [0, 0.05) is 0 Å². The number of hydrogen-bond acceptors (Lipinski definition) is 6. The van der Waals surface area contributed by atoms with Gasteiger partial charge in [0.05, 0.1) is 35.8 Å². The molecule has 0 aromatic heterocycles. The summed E-state index contributed by atoms with van der Waals surface area (Å²) >= 11 is 0. The van der Waals surface area contributed by atoms with Crippen LogP contribution in [0.4, 0.5) is 15.8 Å². The molecule has 0 fully saturated rings. The SMILES string of the molecule is CCC(C)(CO)Nc1cc(C(=O)OC)c(F)cc1[N+](=O)[O-]. The van der Waals surface area contributed by atoms with Crippen molar-refractivity contribution in [2.24, 2.45) is 0 Å². The van der Waals surface area contributed by atoms with Crippen LogP contribution in [-0.2, 0) is 4.74 Å². The van der Waals surface area contributed by atoms with Crippen molar-refractivity contribution in [1.82, 2.24) is 0 Å². The molecule has 0 saturated carbocycles. The number of benzene rings is 1. The summed E-state index contributed by atoms with van der Waals surface area (Å²) in [6, 6.07) is 1.67. The summed E-state index contributed by atoms with van der Waals surface area (Å²) < 4.78 is 18.2. The quantitative estimate of drug-likeness (QED) is 0.474. The van der Waals surface area contributed by atoms with Crippen molar-refractivity contribution in [1.29, 1.82) is 0 Å². The molecule has 0 saturated heterocycles. The maximum Gasteiger partial charge on any atom is 0.340 e. The fourth-order valence-electron chi connectivity index (χ4n) is 1.65. The van der Waals surface area contributed by atoms with E-state index in [2.05, 4.69) is 10.1 Å². The summed E-state index contributed by atoms with van der Waals surface area (Å²) in [4.78, 5) is 21.7. The van der Waals surface area contributed by atoms with Crippen LogP contribution in [0.3, 0.4) is 0 Å². The number of methoxy groups -OCH3 is 1. The van der Waals surface area contributed by atoms with Crippen molar-refractivity contribution in [2.75, 3.05) is 19.0 Å². The van der Waals surface area contributed by atoms with E-state index in [1.54, 1.807) is 13.8 Å². The van der Waals surface area contributed by atoms with Crippen LogP contribution in [0.15, 0.2) is 12.1 Å². The Morgan fingerprint density at radius 3 is 2.62 bits per heavy atom. The Kier molecular flexibility index (Phi) is 5.20. The van der Waals surface area contributed by atoms with Crippen LogP contribution in [-0.4, -0.2) is 35.3 Å². The average Bonchev–Trinajstić information content (AvgIpc) is 2.47. The minimum Gasteiger partial charge on any atom is -0.465 e. The summed E-state index contributed by atoms with van der Waals surface area (Å²) in [6.07, 6.45) is 0.464. The van der Waals surface area contributed by atoms with Gasteiger partial charge in [-0.25, -0.2) is 9.18 Å². The number of aliphatic hydroxyl groups excluding tert-OH is 1. The predicted octanol–water partition coefficient (Wildman–Crippen LogP) is 2.09. The van der Waals surface area contributed by atoms with E-state index in [1.807, 2.05) is 0 Å². The van der Waals surface area contributed by atoms with Gasteiger partial charge in [-0.2, -0.15) is 0 Å². The van der Waals surface area contributed by atoms with Crippen LogP contribution in [0, 0.1) is 15.9 Å². The summed E-state index contributed by atoms with van der Waals surface area (Å²) in [7, 11) is 1.08. The molecule has 1 aromatic rings. The Morgan fingerprint density at radius 2 is 2.19 bits per heavy atom. The number of ether oxygens (including phenoxy) is 1. The van der Waals surface area contributed by atoms with Crippen molar-refractivity contribution >= 4 is 17.3 Å². The fourth-order valence-corrected chi connectivity index (χ4v) is 1.65. The van der Waals surface area contributed by atoms with E-state index in [0.717, 1.165) is 13.2 Å². The summed E-state index contributed by atoms with van der Waals surface area (Å²) in [6.45, 7) is 3.14. The number of carbonyl (C=O) groups is 1. The molecule has 0 aliphatic carbocycles. The number of nitrogens with zero attached hydrogens (tertiary/aromatic N) is 1. The van der Waals surface area contributed by atoms with Crippen molar-refractivity contribution in [3.05, 3.63) is 33.6 Å². The van der Waals surface area contributed by atoms with Crippen molar-refractivity contribution in [3.63, 3.8) is 0 Å². The first-order valence-corrected chi connectivity index (χ1v) is 6.23. The highest BCUT2D eigenvalue weighted by molar-refractivity contribution is 5.92. The molecule has 116 valence electrons. The predicted molar refractivity (Wildman–Crippen MR) is 73.8 cm³/mol. The second kappa shape index (κ2) is 6.49. The van der Waals surface area contributed by atoms with E-state index in [1.165, 1.54) is 0 Å². The van der Waals surface area contributed by atoms with Gasteiger partial charge in [-0.1, -0.05) is 6.92 Å². The highest BCUT2D eigenvalue weighted by Gasteiger charge is 2.28. The molecule has 8 heteroatoms. The molecule has 0 aliphatic rings. The molecule has 1 aromatic carbocycles. The first-order valence-electron chi connectivity index (χ1n) is 6.23. The van der Waals surface area contributed by atoms with E-state index < -0.39 is 33.5 Å². The number of halogens is 1. The molecule has 7 nitrogen and oxygen atoms in total. The first-order chi connectivity index (χ1) is 9.77. The van der Waals surface area contributed by atoms with E-state index in [0.29, 0.717) is 12.5 Å². The van der Waals surface area contributed by atoms with Crippen LogP contribution >= 0.6 is 0 Å². The molecular formula is C13H17FN2O5. The third kappa shape index (κ3) is 3.66. The molecule has 0 aliphatic heterocycles. The lowest BCUT2D eigenvalue weighted by Crippen LogP contribution is -2.38. The summed E-state index contributed by atoms with van der Waals surface area (Å²) in [5, 5.41) is 23.1. The molecule has 21 heavy (non-hydrogen) atoms. The topological polar surface area (TPSA) is 102 Å². The number of nitro groups is 1. The number of aliphatic hydroxyl groups is 1. The minimum atomic E-state index is -1.04. The van der Waals surface area contributed by atoms with Gasteiger partial charge < -0.3 is 15.2 Å². The van der Waals surface area contributed by atoms with Crippen molar-refractivity contribution in [2.45, 2.75) is 25.8 Å². The Bertz CT molecular complexity index is 558. The second-order valence-electron chi connectivity index (χ2n) is 4.80. The van der Waals surface area contributed by atoms with Crippen LogP contribution < -0.4 is 5.32 Å². The highest BCUT2D eigenvalue weighted by atomic mass is 19.1. The Hall–Kier alpha value is -2.22. The molecule has 0 amide bonds. The summed E-state index contributed by atoms with van der Waals surface area (Å²) in [5.41, 5.74) is -1.83. The molecular weight excluding hydrogens is 283 g/mol. The number of anilines is 1. The van der Waals surface area contributed by atoms with E-state index in [4.69, 9.17) is 0 Å². The Morgan fingerprint density at radius 1 is 1.57 bits per heavy atom. The molecule has 0 radical (unpaired) electrons. The minimum absolute atomic E-state index is 0.0554. The Labute approximate surface area is 120 Å². The molecule has 2 N–H and O–H groups in total. The molecule has 1 rings (SSSR count). The Balaban J connectivity index is 3.39. The lowest BCUT2D eigenvalue weighted by molar-refractivity contribution is -0.384. The van der Waals surface area contributed by atoms with Crippen LogP contribution in [0.2, 0.25) is 0 Å². The lowest BCUT2D eigenvalue weighted by atomic mass is 9.99. The number of esters is 1. The van der Waals surface area contributed by atoms with Gasteiger partial charge in [-0.3, -0.25) is 10.1 Å². The van der Waals surface area contributed by atoms with Gasteiger partial charge in [0.2, 0.25) is 0 Å². The highest BCUT2D eigenvalue weighted by Crippen LogP contribution is 2.31. The van der Waals surface area contributed by atoms with Crippen molar-refractivity contribution in [3.8, 4) is 0 Å². The largest absolute Gasteiger partial charge is 0.465 e. The van der Waals surface area contributed by atoms with Crippen molar-refractivity contribution < 1.29 is 24.0 Å². The zero-order chi connectivity index (χ0) is 16.2. The van der Waals surface area contributed by atoms with Gasteiger partial charge in [-0.15, -0.1) is 0 Å². The van der Waals surface area contributed by atoms with Gasteiger partial charge in [0.25, 0.3) is 5.69 Å². The number of hydrogen-bond donors (Lipinski definition) is 2. The lowest BCUT2D eigenvalue weighted by Gasteiger charge is -2.28. The average molecular weight is 300 g/mol. The first kappa shape index (κ1) is 16.8. The monoisotopic (exact) mass is 300 g/mol. The maximum absolute atomic E-state index is 13.7. The van der Waals surface area contributed by atoms with Crippen LogP contribution in [0.5, 0.6) is 0 Å². The molecule has 0 bridgehead atoms. The number of nitro benzene ring substituents is 1. The zero-order valence-corrected chi connectivity index (χ0v) is 12.0.